The van der Waals surface area contributed by atoms with E-state index in [-0.39, 0.29) is 5.56 Å². The predicted octanol–water partition coefficient (Wildman–Crippen LogP) is 3.43. The summed E-state index contributed by atoms with van der Waals surface area (Å²) in [5.74, 6) is -0.374. The number of carboxylic acid groups (broad SMARTS) is 1. The molecule has 0 radical (unpaired) electrons. The number of aromatic nitrogens is 2. The molecule has 2 heterocycles. The minimum atomic E-state index is -0.931. The molecule has 0 fully saturated rings. The third-order valence-electron chi connectivity index (χ3n) is 3.16. The molecule has 2 aromatic heterocycles. The lowest BCUT2D eigenvalue weighted by Crippen LogP contribution is -2.12. The summed E-state index contributed by atoms with van der Waals surface area (Å²) >= 11 is 1.18. The van der Waals surface area contributed by atoms with E-state index in [4.69, 9.17) is 5.11 Å². The Morgan fingerprint density at radius 2 is 2.18 bits per heavy atom. The average molecular weight is 318 g/mol. The number of H-pyrrole nitrogens is 1. The van der Waals surface area contributed by atoms with E-state index in [0.29, 0.717) is 17.1 Å². The Hall–Kier alpha value is -2.21. The van der Waals surface area contributed by atoms with Gasteiger partial charge in [0, 0.05) is 11.8 Å². The smallest absolute Gasteiger partial charge is 0.345 e. The highest BCUT2D eigenvalue weighted by Gasteiger charge is 2.09. The third kappa shape index (κ3) is 3.92. The van der Waals surface area contributed by atoms with Crippen LogP contribution in [0.15, 0.2) is 22.3 Å². The number of aryl methyl sites for hydroxylation is 1. The summed E-state index contributed by atoms with van der Waals surface area (Å²) in [6.45, 7) is 4.01. The highest BCUT2D eigenvalue weighted by molar-refractivity contribution is 7.12. The normalized spacial score (nSPS) is 11.6. The molecule has 0 amide bonds. The van der Waals surface area contributed by atoms with E-state index >= 15 is 0 Å². The second kappa shape index (κ2) is 7.17. The van der Waals surface area contributed by atoms with Gasteiger partial charge in [0.2, 0.25) is 0 Å². The van der Waals surface area contributed by atoms with E-state index in [1.165, 1.54) is 17.4 Å². The largest absolute Gasteiger partial charge is 0.477 e. The van der Waals surface area contributed by atoms with Crippen molar-refractivity contribution in [2.75, 3.05) is 0 Å². The Kier molecular flexibility index (Phi) is 5.27. The quantitative estimate of drug-likeness (QED) is 0.854. The van der Waals surface area contributed by atoms with Crippen LogP contribution in [0.4, 0.5) is 0 Å². The van der Waals surface area contributed by atoms with Gasteiger partial charge in [-0.15, -0.1) is 11.3 Å². The van der Waals surface area contributed by atoms with Gasteiger partial charge in [-0.25, -0.2) is 9.78 Å². The zero-order valence-electron chi connectivity index (χ0n) is 12.5. The Labute approximate surface area is 132 Å². The van der Waals surface area contributed by atoms with E-state index in [0.717, 1.165) is 29.7 Å². The van der Waals surface area contributed by atoms with Crippen molar-refractivity contribution < 1.29 is 9.90 Å². The Morgan fingerprint density at radius 3 is 2.77 bits per heavy atom. The zero-order chi connectivity index (χ0) is 16.1. The summed E-state index contributed by atoms with van der Waals surface area (Å²) < 4.78 is 0. The molecule has 2 N–H and O–H groups in total. The number of nitrogens with one attached hydrogen (secondary N) is 1. The highest BCUT2D eigenvalue weighted by atomic mass is 32.1. The van der Waals surface area contributed by atoms with Gasteiger partial charge in [0.25, 0.3) is 5.56 Å². The van der Waals surface area contributed by atoms with E-state index < -0.39 is 5.97 Å². The van der Waals surface area contributed by atoms with Crippen LogP contribution >= 0.6 is 11.3 Å². The van der Waals surface area contributed by atoms with Crippen molar-refractivity contribution in [2.45, 2.75) is 33.1 Å². The van der Waals surface area contributed by atoms with Crippen molar-refractivity contribution in [2.24, 2.45) is 0 Å². The molecule has 0 aliphatic rings. The standard InChI is InChI=1S/C16H18N2O3S/c1-3-5-12-8-14(19)18-15(17-12)11(4-2)6-10-7-13(16(20)21)22-9-10/h6-9H,3-5H2,1-2H3,(H,20,21)(H,17,18,19)/b11-6+. The van der Waals surface area contributed by atoms with Gasteiger partial charge < -0.3 is 10.1 Å². The average Bonchev–Trinajstić information content (AvgIpc) is 2.93. The molecule has 0 aromatic carbocycles. The number of rotatable bonds is 6. The highest BCUT2D eigenvalue weighted by Crippen LogP contribution is 2.22. The molecule has 0 saturated carbocycles. The number of hydrogen-bond acceptors (Lipinski definition) is 4. The molecule has 2 rings (SSSR count). The lowest BCUT2D eigenvalue weighted by molar-refractivity contribution is 0.0702. The molecular formula is C16H18N2O3S. The molecule has 0 saturated heterocycles. The van der Waals surface area contributed by atoms with Crippen LogP contribution in [0.2, 0.25) is 0 Å². The van der Waals surface area contributed by atoms with Crippen molar-refractivity contribution in [3.63, 3.8) is 0 Å². The number of hydrogen-bond donors (Lipinski definition) is 2. The lowest BCUT2D eigenvalue weighted by Gasteiger charge is -2.06. The third-order valence-corrected chi connectivity index (χ3v) is 4.09. The minimum absolute atomic E-state index is 0.163. The molecule has 22 heavy (non-hydrogen) atoms. The van der Waals surface area contributed by atoms with Gasteiger partial charge in [-0.05, 0) is 41.5 Å². The van der Waals surface area contributed by atoms with Gasteiger partial charge in [0.05, 0.1) is 0 Å². The fourth-order valence-electron chi connectivity index (χ4n) is 2.12. The van der Waals surface area contributed by atoms with E-state index in [2.05, 4.69) is 9.97 Å². The Bertz CT molecular complexity index is 759. The molecule has 6 heteroatoms. The number of aromatic amines is 1. The monoisotopic (exact) mass is 318 g/mol. The summed E-state index contributed by atoms with van der Waals surface area (Å²) in [7, 11) is 0. The number of nitrogens with zero attached hydrogens (tertiary/aromatic N) is 1. The van der Waals surface area contributed by atoms with Crippen molar-refractivity contribution in [3.8, 4) is 0 Å². The topological polar surface area (TPSA) is 83.0 Å². The first-order valence-electron chi connectivity index (χ1n) is 7.16. The number of aromatic carboxylic acids is 1. The molecule has 0 unspecified atom stereocenters. The zero-order valence-corrected chi connectivity index (χ0v) is 13.4. The van der Waals surface area contributed by atoms with Crippen LogP contribution in [0, 0.1) is 0 Å². The summed E-state index contributed by atoms with van der Waals surface area (Å²) in [6.07, 6.45) is 4.25. The van der Waals surface area contributed by atoms with Gasteiger partial charge in [-0.3, -0.25) is 4.79 Å². The number of carboxylic acids is 1. The van der Waals surface area contributed by atoms with E-state index in [1.54, 1.807) is 11.4 Å². The molecule has 5 nitrogen and oxygen atoms in total. The SMILES string of the molecule is CCCc1cc(=O)[nH]c(/C(=C/c2csc(C(=O)O)c2)CC)n1. The van der Waals surface area contributed by atoms with Crippen molar-refractivity contribution in [1.29, 1.82) is 0 Å². The molecular weight excluding hydrogens is 300 g/mol. The van der Waals surface area contributed by atoms with Gasteiger partial charge in [-0.1, -0.05) is 20.3 Å². The molecule has 116 valence electrons. The van der Waals surface area contributed by atoms with Crippen LogP contribution in [0.25, 0.3) is 11.6 Å². The summed E-state index contributed by atoms with van der Waals surface area (Å²) in [5.41, 5.74) is 2.30. The number of thiophene rings is 1. The fraction of sp³-hybridized carbons (Fsp3) is 0.312. The van der Waals surface area contributed by atoms with Crippen LogP contribution in [0.5, 0.6) is 0 Å². The van der Waals surface area contributed by atoms with E-state index in [9.17, 15) is 9.59 Å². The summed E-state index contributed by atoms with van der Waals surface area (Å²) in [5, 5.41) is 10.8. The minimum Gasteiger partial charge on any atom is -0.477 e. The van der Waals surface area contributed by atoms with Crippen LogP contribution < -0.4 is 5.56 Å². The second-order valence-electron chi connectivity index (χ2n) is 4.91. The molecule has 2 aromatic rings. The molecule has 0 aliphatic heterocycles. The van der Waals surface area contributed by atoms with Crippen molar-refractivity contribution >= 4 is 29.0 Å². The van der Waals surface area contributed by atoms with Gasteiger partial charge in [0.15, 0.2) is 0 Å². The molecule has 0 aliphatic carbocycles. The van der Waals surface area contributed by atoms with Crippen molar-refractivity contribution in [3.05, 3.63) is 49.8 Å². The van der Waals surface area contributed by atoms with Crippen LogP contribution in [0.3, 0.4) is 0 Å². The molecule has 0 spiro atoms. The van der Waals surface area contributed by atoms with Crippen LogP contribution in [0.1, 0.15) is 53.4 Å². The first-order valence-corrected chi connectivity index (χ1v) is 8.04. The maximum absolute atomic E-state index is 11.8. The second-order valence-corrected chi connectivity index (χ2v) is 5.82. The summed E-state index contributed by atoms with van der Waals surface area (Å²) in [6, 6.07) is 3.14. The Morgan fingerprint density at radius 1 is 1.41 bits per heavy atom. The fourth-order valence-corrected chi connectivity index (χ4v) is 2.83. The van der Waals surface area contributed by atoms with Crippen molar-refractivity contribution in [1.82, 2.24) is 9.97 Å². The predicted molar refractivity (Wildman–Crippen MR) is 88.3 cm³/mol. The van der Waals surface area contributed by atoms with Gasteiger partial charge in [-0.2, -0.15) is 0 Å². The molecule has 0 bridgehead atoms. The Balaban J connectivity index is 2.40. The summed E-state index contributed by atoms with van der Waals surface area (Å²) in [4.78, 5) is 30.2. The lowest BCUT2D eigenvalue weighted by atomic mass is 10.1. The van der Waals surface area contributed by atoms with Crippen LogP contribution in [-0.2, 0) is 6.42 Å². The number of carbonyl (C=O) groups is 1. The maximum atomic E-state index is 11.8. The van der Waals surface area contributed by atoms with Gasteiger partial charge >= 0.3 is 5.97 Å². The maximum Gasteiger partial charge on any atom is 0.345 e. The number of allylic oxidation sites excluding steroid dienone is 1. The first kappa shape index (κ1) is 16.2. The first-order chi connectivity index (χ1) is 10.5. The van der Waals surface area contributed by atoms with E-state index in [1.807, 2.05) is 19.9 Å². The van der Waals surface area contributed by atoms with Gasteiger partial charge in [0.1, 0.15) is 10.7 Å². The molecule has 0 atom stereocenters. The van der Waals surface area contributed by atoms with Crippen LogP contribution in [-0.4, -0.2) is 21.0 Å².